The first kappa shape index (κ1) is 23.1. The van der Waals surface area contributed by atoms with Crippen molar-refractivity contribution in [2.75, 3.05) is 42.6 Å². The molecular formula is C22H23FN6O5. The minimum atomic E-state index is -0.606. The van der Waals surface area contributed by atoms with E-state index >= 15 is 0 Å². The number of anilines is 2. The maximum Gasteiger partial charge on any atom is 0.414 e. The number of nitrogens with zero attached hydrogens (tertiary/aromatic N) is 5. The van der Waals surface area contributed by atoms with Gasteiger partial charge in [0.05, 0.1) is 25.3 Å². The average Bonchev–Trinajstić information content (AvgIpc) is 3.23. The number of carbonyl (C=O) groups is 3. The fraction of sp³-hybridized carbons (Fsp3) is 0.318. The molecule has 0 spiro atoms. The highest BCUT2D eigenvalue weighted by molar-refractivity contribution is 5.90. The van der Waals surface area contributed by atoms with E-state index in [0.29, 0.717) is 35.7 Å². The maximum atomic E-state index is 14.9. The van der Waals surface area contributed by atoms with Gasteiger partial charge in [0, 0.05) is 30.8 Å². The molecule has 1 aromatic carbocycles. The van der Waals surface area contributed by atoms with E-state index < -0.39 is 30.5 Å². The number of carbonyl (C=O) groups excluding carboxylic acids is 3. The Morgan fingerprint density at radius 1 is 1.26 bits per heavy atom. The lowest BCUT2D eigenvalue weighted by atomic mass is 10.1. The molecule has 12 heteroatoms. The first-order valence-corrected chi connectivity index (χ1v) is 10.6. The summed E-state index contributed by atoms with van der Waals surface area (Å²) in [5, 5.41) is 16.7. The van der Waals surface area contributed by atoms with Crippen molar-refractivity contribution >= 4 is 35.8 Å². The number of hydrazone groups is 1. The molecule has 2 aliphatic heterocycles. The van der Waals surface area contributed by atoms with Gasteiger partial charge in [-0.1, -0.05) is 0 Å². The zero-order chi connectivity index (χ0) is 24.2. The topological polar surface area (TPSA) is 128 Å². The van der Waals surface area contributed by atoms with Crippen molar-refractivity contribution in [2.24, 2.45) is 5.10 Å². The Hall–Kier alpha value is -4.06. The van der Waals surface area contributed by atoms with Gasteiger partial charge in [-0.25, -0.2) is 19.2 Å². The molecule has 0 aliphatic carbocycles. The molecule has 1 aromatic heterocycles. The lowest BCUT2D eigenvalue weighted by Gasteiger charge is -2.27. The second-order valence-electron chi connectivity index (χ2n) is 7.72. The Morgan fingerprint density at radius 3 is 2.71 bits per heavy atom. The van der Waals surface area contributed by atoms with E-state index in [1.165, 1.54) is 35.4 Å². The Kier molecular flexibility index (Phi) is 6.68. The van der Waals surface area contributed by atoms with Crippen molar-refractivity contribution in [3.8, 4) is 11.1 Å². The van der Waals surface area contributed by atoms with E-state index in [2.05, 4.69) is 15.4 Å². The number of hydrogen-bond donors (Lipinski definition) is 2. The Balaban J connectivity index is 1.44. The Labute approximate surface area is 194 Å². The summed E-state index contributed by atoms with van der Waals surface area (Å²) in [5.74, 6) is -0.659. The van der Waals surface area contributed by atoms with Gasteiger partial charge in [-0.15, -0.1) is 0 Å². The number of benzene rings is 1. The van der Waals surface area contributed by atoms with Crippen LogP contribution in [-0.2, 0) is 14.3 Å². The summed E-state index contributed by atoms with van der Waals surface area (Å²) in [5.41, 5.74) is 1.22. The second-order valence-corrected chi connectivity index (χ2v) is 7.72. The average molecular weight is 470 g/mol. The van der Waals surface area contributed by atoms with Crippen LogP contribution in [0.15, 0.2) is 41.6 Å². The molecule has 1 unspecified atom stereocenters. The van der Waals surface area contributed by atoms with Crippen LogP contribution < -0.4 is 15.1 Å². The predicted octanol–water partition coefficient (Wildman–Crippen LogP) is 0.933. The quantitative estimate of drug-likeness (QED) is 0.643. The van der Waals surface area contributed by atoms with Crippen LogP contribution in [0.1, 0.15) is 6.92 Å². The summed E-state index contributed by atoms with van der Waals surface area (Å²) < 4.78 is 20.1. The fourth-order valence-corrected chi connectivity index (χ4v) is 3.60. The van der Waals surface area contributed by atoms with E-state index in [9.17, 15) is 18.8 Å². The molecular weight excluding hydrogens is 447 g/mol. The first-order valence-electron chi connectivity index (χ1n) is 10.6. The monoisotopic (exact) mass is 470 g/mol. The molecule has 0 radical (unpaired) electrons. The number of ether oxygens (including phenoxy) is 1. The summed E-state index contributed by atoms with van der Waals surface area (Å²) in [6.45, 7) is 1.91. The smallest absolute Gasteiger partial charge is 0.414 e. The van der Waals surface area contributed by atoms with Crippen LogP contribution in [0.3, 0.4) is 0 Å². The Bertz CT molecular complexity index is 1130. The van der Waals surface area contributed by atoms with Gasteiger partial charge in [-0.05, 0) is 30.3 Å². The summed E-state index contributed by atoms with van der Waals surface area (Å²) in [4.78, 5) is 42.1. The predicted molar refractivity (Wildman–Crippen MR) is 121 cm³/mol. The van der Waals surface area contributed by atoms with Crippen LogP contribution in [0.25, 0.3) is 11.1 Å². The van der Waals surface area contributed by atoms with E-state index in [4.69, 9.17) is 9.84 Å². The van der Waals surface area contributed by atoms with Crippen molar-refractivity contribution in [2.45, 2.75) is 13.0 Å². The normalized spacial score (nSPS) is 17.7. The third kappa shape index (κ3) is 4.96. The van der Waals surface area contributed by atoms with Crippen LogP contribution >= 0.6 is 0 Å². The summed E-state index contributed by atoms with van der Waals surface area (Å²) in [7, 11) is 0. The molecule has 1 atom stereocenters. The highest BCUT2D eigenvalue weighted by Crippen LogP contribution is 2.29. The zero-order valence-corrected chi connectivity index (χ0v) is 18.3. The highest BCUT2D eigenvalue weighted by atomic mass is 19.1. The van der Waals surface area contributed by atoms with Gasteiger partial charge < -0.3 is 20.1 Å². The standard InChI is InChI=1S/C22H23FN6O5/c1-14(31)24-10-17-11-28(22(33)34-17)16-3-4-18(19(23)8-16)15-2-5-20(25-9-15)27-6-7-29(26-13-27)21(32)12-30/h2-5,8-9,13,17,30H,6-7,10-12H2,1H3,(H,24,31). The van der Waals surface area contributed by atoms with Gasteiger partial charge in [0.1, 0.15) is 30.7 Å². The number of amides is 3. The lowest BCUT2D eigenvalue weighted by molar-refractivity contribution is -0.134. The molecule has 34 heavy (non-hydrogen) atoms. The van der Waals surface area contributed by atoms with Crippen LogP contribution in [0, 0.1) is 5.82 Å². The lowest BCUT2D eigenvalue weighted by Crippen LogP contribution is -2.41. The number of aliphatic hydroxyl groups is 1. The van der Waals surface area contributed by atoms with Crippen LogP contribution in [0.4, 0.5) is 20.7 Å². The number of halogens is 1. The molecule has 0 saturated carbocycles. The molecule has 178 valence electrons. The van der Waals surface area contributed by atoms with E-state index in [0.717, 1.165) is 0 Å². The van der Waals surface area contributed by atoms with E-state index in [1.54, 1.807) is 29.2 Å². The zero-order valence-electron chi connectivity index (χ0n) is 18.3. The van der Waals surface area contributed by atoms with E-state index in [-0.39, 0.29) is 19.0 Å². The molecule has 2 N–H and O–H groups in total. The molecule has 4 rings (SSSR count). The van der Waals surface area contributed by atoms with Crippen molar-refractivity contribution < 1.29 is 28.6 Å². The van der Waals surface area contributed by atoms with E-state index in [1.807, 2.05) is 0 Å². The minimum Gasteiger partial charge on any atom is -0.442 e. The molecule has 1 saturated heterocycles. The number of aromatic nitrogens is 1. The third-order valence-corrected chi connectivity index (χ3v) is 5.38. The van der Waals surface area contributed by atoms with Crippen LogP contribution in [-0.4, -0.2) is 78.2 Å². The first-order chi connectivity index (χ1) is 16.4. The van der Waals surface area contributed by atoms with Gasteiger partial charge >= 0.3 is 6.09 Å². The number of pyridine rings is 1. The summed E-state index contributed by atoms with van der Waals surface area (Å²) >= 11 is 0. The number of nitrogens with one attached hydrogen (secondary N) is 1. The Morgan fingerprint density at radius 2 is 2.09 bits per heavy atom. The number of aliphatic hydroxyl groups excluding tert-OH is 1. The summed E-state index contributed by atoms with van der Waals surface area (Å²) in [6.07, 6.45) is 1.86. The van der Waals surface area contributed by atoms with Crippen LogP contribution in [0.2, 0.25) is 0 Å². The number of hydrogen-bond acceptors (Lipinski definition) is 8. The van der Waals surface area contributed by atoms with Gasteiger partial charge in [0.15, 0.2) is 0 Å². The van der Waals surface area contributed by atoms with Crippen molar-refractivity contribution in [1.29, 1.82) is 0 Å². The second kappa shape index (κ2) is 9.83. The van der Waals surface area contributed by atoms with Crippen molar-refractivity contribution in [1.82, 2.24) is 15.3 Å². The fourth-order valence-electron chi connectivity index (χ4n) is 3.60. The minimum absolute atomic E-state index is 0.188. The largest absolute Gasteiger partial charge is 0.442 e. The molecule has 11 nitrogen and oxygen atoms in total. The summed E-state index contributed by atoms with van der Waals surface area (Å²) in [6, 6.07) is 7.88. The molecule has 2 aromatic rings. The molecule has 3 amide bonds. The van der Waals surface area contributed by atoms with Gasteiger partial charge in [-0.3, -0.25) is 14.5 Å². The molecule has 1 fully saturated rings. The highest BCUT2D eigenvalue weighted by Gasteiger charge is 2.32. The molecule has 0 bridgehead atoms. The molecule has 3 heterocycles. The van der Waals surface area contributed by atoms with Gasteiger partial charge in [0.25, 0.3) is 5.91 Å². The number of rotatable bonds is 6. The van der Waals surface area contributed by atoms with Crippen molar-refractivity contribution in [3.63, 3.8) is 0 Å². The van der Waals surface area contributed by atoms with Crippen LogP contribution in [0.5, 0.6) is 0 Å². The van der Waals surface area contributed by atoms with Gasteiger partial charge in [0.2, 0.25) is 5.91 Å². The van der Waals surface area contributed by atoms with Crippen molar-refractivity contribution in [3.05, 3.63) is 42.3 Å². The third-order valence-electron chi connectivity index (χ3n) is 5.38. The molecule has 2 aliphatic rings. The number of cyclic esters (lactones) is 1. The maximum absolute atomic E-state index is 14.9. The van der Waals surface area contributed by atoms with Gasteiger partial charge in [-0.2, -0.15) is 5.10 Å². The SMILES string of the molecule is CC(=O)NCC1CN(c2ccc(-c3ccc(N4C=NN(C(=O)CO)CC4)nc3)c(F)c2)C(=O)O1.